The summed E-state index contributed by atoms with van der Waals surface area (Å²) in [5, 5.41) is 2.79. The monoisotopic (exact) mass is 254 g/mol. The molecule has 1 aliphatic rings. The van der Waals surface area contributed by atoms with Crippen molar-refractivity contribution in [3.8, 4) is 0 Å². The molecule has 1 heterocycles. The molecular formula is C10H17F3N2O2. The number of ether oxygens (including phenoxy) is 1. The molecule has 1 fully saturated rings. The summed E-state index contributed by atoms with van der Waals surface area (Å²) < 4.78 is 43.2. The van der Waals surface area contributed by atoms with Crippen LogP contribution in [0, 0.1) is 0 Å². The van der Waals surface area contributed by atoms with Gasteiger partial charge in [-0.1, -0.05) is 0 Å². The van der Waals surface area contributed by atoms with Crippen molar-refractivity contribution < 1.29 is 22.7 Å². The molecule has 1 saturated heterocycles. The van der Waals surface area contributed by atoms with Crippen molar-refractivity contribution >= 4 is 6.09 Å². The standard InChI is InChI=1S/C10H17F3N2O2/c1-9(2,3)17-8(16)15(10(11,12)13)7-4-5-14-6-7/h7,14H,4-6H2,1-3H3. The molecule has 17 heavy (non-hydrogen) atoms. The van der Waals surface area contributed by atoms with Crippen LogP contribution in [0.25, 0.3) is 0 Å². The first-order valence-electron chi connectivity index (χ1n) is 5.41. The Kier molecular flexibility index (Phi) is 3.91. The maximum Gasteiger partial charge on any atom is 0.490 e. The van der Waals surface area contributed by atoms with Gasteiger partial charge in [-0.2, -0.15) is 0 Å². The quantitative estimate of drug-likeness (QED) is 0.729. The summed E-state index contributed by atoms with van der Waals surface area (Å²) in [5.74, 6) is 0. The summed E-state index contributed by atoms with van der Waals surface area (Å²) in [6, 6.07) is -0.884. The van der Waals surface area contributed by atoms with Crippen molar-refractivity contribution in [3.63, 3.8) is 0 Å². The number of alkyl halides is 3. The highest BCUT2D eigenvalue weighted by atomic mass is 19.4. The number of carbonyl (C=O) groups is 1. The van der Waals surface area contributed by atoms with Crippen LogP contribution in [0.3, 0.4) is 0 Å². The SMILES string of the molecule is CC(C)(C)OC(=O)N(C1CCNC1)C(F)(F)F. The maximum atomic E-state index is 12.8. The summed E-state index contributed by atoms with van der Waals surface area (Å²) in [5.41, 5.74) is -0.938. The molecule has 0 saturated carbocycles. The second kappa shape index (κ2) is 4.72. The highest BCUT2D eigenvalue weighted by Crippen LogP contribution is 2.28. The molecule has 0 bridgehead atoms. The minimum absolute atomic E-state index is 0.127. The lowest BCUT2D eigenvalue weighted by Crippen LogP contribution is -2.52. The van der Waals surface area contributed by atoms with Crippen molar-refractivity contribution in [1.29, 1.82) is 0 Å². The molecule has 1 N–H and O–H groups in total. The second-order valence-corrected chi connectivity index (χ2v) is 4.96. The minimum Gasteiger partial charge on any atom is -0.443 e. The lowest BCUT2D eigenvalue weighted by Gasteiger charge is -2.32. The van der Waals surface area contributed by atoms with Gasteiger partial charge < -0.3 is 10.1 Å². The average molecular weight is 254 g/mol. The fraction of sp³-hybridized carbons (Fsp3) is 0.900. The molecule has 1 aliphatic heterocycles. The van der Waals surface area contributed by atoms with Crippen LogP contribution in [0.2, 0.25) is 0 Å². The number of amides is 1. The summed E-state index contributed by atoms with van der Waals surface area (Å²) in [6.45, 7) is 5.21. The van der Waals surface area contributed by atoms with Crippen molar-refractivity contribution in [2.75, 3.05) is 13.1 Å². The summed E-state index contributed by atoms with van der Waals surface area (Å²) >= 11 is 0. The van der Waals surface area contributed by atoms with Gasteiger partial charge in [0.25, 0.3) is 0 Å². The van der Waals surface area contributed by atoms with Crippen molar-refractivity contribution in [3.05, 3.63) is 0 Å². The molecule has 0 aliphatic carbocycles. The molecule has 1 atom stereocenters. The Labute approximate surface area is 98.1 Å². The topological polar surface area (TPSA) is 41.6 Å². The van der Waals surface area contributed by atoms with Gasteiger partial charge in [-0.15, -0.1) is 13.2 Å². The van der Waals surface area contributed by atoms with E-state index in [0.717, 1.165) is 0 Å². The van der Waals surface area contributed by atoms with E-state index in [1.165, 1.54) is 20.8 Å². The molecule has 0 spiro atoms. The number of nitrogens with zero attached hydrogens (tertiary/aromatic N) is 1. The van der Waals surface area contributed by atoms with E-state index in [9.17, 15) is 18.0 Å². The number of rotatable bonds is 1. The molecule has 7 heteroatoms. The fourth-order valence-corrected chi connectivity index (χ4v) is 1.63. The smallest absolute Gasteiger partial charge is 0.443 e. The molecule has 1 amide bonds. The Morgan fingerprint density at radius 2 is 1.94 bits per heavy atom. The van der Waals surface area contributed by atoms with Gasteiger partial charge in [0.05, 0.1) is 6.04 Å². The van der Waals surface area contributed by atoms with Gasteiger partial charge in [-0.3, -0.25) is 0 Å². The third-order valence-corrected chi connectivity index (χ3v) is 2.26. The third kappa shape index (κ3) is 4.07. The van der Waals surface area contributed by atoms with Gasteiger partial charge in [0.2, 0.25) is 0 Å². The van der Waals surface area contributed by atoms with Crippen molar-refractivity contribution in [2.45, 2.75) is 45.1 Å². The zero-order valence-electron chi connectivity index (χ0n) is 10.1. The van der Waals surface area contributed by atoms with Crippen molar-refractivity contribution in [2.24, 2.45) is 0 Å². The molecule has 1 rings (SSSR count). The van der Waals surface area contributed by atoms with Crippen LogP contribution in [0.15, 0.2) is 0 Å². The molecule has 100 valence electrons. The van der Waals surface area contributed by atoms with Gasteiger partial charge in [0, 0.05) is 6.54 Å². The first-order chi connectivity index (χ1) is 7.61. The van der Waals surface area contributed by atoms with Crippen LogP contribution < -0.4 is 5.32 Å². The molecule has 0 aromatic carbocycles. The molecule has 4 nitrogen and oxygen atoms in total. The lowest BCUT2D eigenvalue weighted by molar-refractivity contribution is -0.242. The van der Waals surface area contributed by atoms with Crippen LogP contribution in [0.4, 0.5) is 18.0 Å². The maximum absolute atomic E-state index is 12.8. The van der Waals surface area contributed by atoms with E-state index in [1.54, 1.807) is 0 Å². The third-order valence-electron chi connectivity index (χ3n) is 2.26. The summed E-state index contributed by atoms with van der Waals surface area (Å²) in [6.07, 6.45) is -5.77. The molecule has 0 radical (unpaired) electrons. The van der Waals surface area contributed by atoms with E-state index in [4.69, 9.17) is 4.74 Å². The molecule has 1 unspecified atom stereocenters. The molecule has 0 aromatic rings. The van der Waals surface area contributed by atoms with E-state index in [1.807, 2.05) is 0 Å². The van der Waals surface area contributed by atoms with Gasteiger partial charge in [-0.05, 0) is 33.7 Å². The van der Waals surface area contributed by atoms with E-state index in [-0.39, 0.29) is 17.9 Å². The van der Waals surface area contributed by atoms with Crippen LogP contribution in [-0.2, 0) is 4.74 Å². The fourth-order valence-electron chi connectivity index (χ4n) is 1.63. The highest BCUT2D eigenvalue weighted by molar-refractivity contribution is 5.69. The minimum atomic E-state index is -4.71. The van der Waals surface area contributed by atoms with Crippen LogP contribution in [0.5, 0.6) is 0 Å². The summed E-state index contributed by atoms with van der Waals surface area (Å²) in [7, 11) is 0. The summed E-state index contributed by atoms with van der Waals surface area (Å²) in [4.78, 5) is 11.4. The van der Waals surface area contributed by atoms with E-state index >= 15 is 0 Å². The van der Waals surface area contributed by atoms with E-state index in [0.29, 0.717) is 6.54 Å². The average Bonchev–Trinajstić information content (AvgIpc) is 2.49. The number of hydrogen-bond donors (Lipinski definition) is 1. The van der Waals surface area contributed by atoms with E-state index in [2.05, 4.69) is 5.32 Å². The van der Waals surface area contributed by atoms with Gasteiger partial charge >= 0.3 is 12.4 Å². The Bertz CT molecular complexity index is 280. The highest BCUT2D eigenvalue weighted by Gasteiger charge is 2.48. The van der Waals surface area contributed by atoms with Gasteiger partial charge in [0.1, 0.15) is 5.60 Å². The first-order valence-corrected chi connectivity index (χ1v) is 5.41. The predicted molar refractivity (Wildman–Crippen MR) is 55.4 cm³/mol. The Morgan fingerprint density at radius 3 is 2.29 bits per heavy atom. The van der Waals surface area contributed by atoms with Gasteiger partial charge in [-0.25, -0.2) is 9.69 Å². The zero-order chi connectivity index (χ0) is 13.3. The lowest BCUT2D eigenvalue weighted by atomic mass is 10.2. The number of halogens is 3. The van der Waals surface area contributed by atoms with Gasteiger partial charge in [0.15, 0.2) is 0 Å². The van der Waals surface area contributed by atoms with Crippen LogP contribution in [0.1, 0.15) is 27.2 Å². The van der Waals surface area contributed by atoms with E-state index < -0.39 is 24.0 Å². The molecular weight excluding hydrogens is 237 g/mol. The predicted octanol–water partition coefficient (Wildman–Crippen LogP) is 2.11. The number of nitrogens with one attached hydrogen (secondary N) is 1. The Morgan fingerprint density at radius 1 is 1.35 bits per heavy atom. The molecule has 0 aromatic heterocycles. The first kappa shape index (κ1) is 14.1. The van der Waals surface area contributed by atoms with Crippen LogP contribution in [-0.4, -0.2) is 42.0 Å². The number of carbonyl (C=O) groups excluding carboxylic acids is 1. The Hall–Kier alpha value is -0.980. The van der Waals surface area contributed by atoms with Crippen molar-refractivity contribution in [1.82, 2.24) is 10.2 Å². The Balaban J connectivity index is 2.79. The normalized spacial score (nSPS) is 21.4. The zero-order valence-corrected chi connectivity index (χ0v) is 10.1. The second-order valence-electron chi connectivity index (χ2n) is 4.96. The number of hydrogen-bond acceptors (Lipinski definition) is 3. The largest absolute Gasteiger partial charge is 0.490 e. The van der Waals surface area contributed by atoms with Crippen LogP contribution >= 0.6 is 0 Å².